The maximum Gasteiger partial charge on any atom is 0.0671 e. The van der Waals surface area contributed by atoms with E-state index >= 15 is 0 Å². The number of fused-ring (bicyclic) bond motifs is 2. The Kier molecular flexibility index (Phi) is 1.94. The van der Waals surface area contributed by atoms with E-state index in [9.17, 15) is 0 Å². The zero-order valence-corrected chi connectivity index (χ0v) is 9.93. The Morgan fingerprint density at radius 1 is 1.00 bits per heavy atom. The molecule has 0 fully saturated rings. The van der Waals surface area contributed by atoms with Crippen molar-refractivity contribution in [2.45, 2.75) is 6.42 Å². The number of H-pyrrole nitrogens is 1. The zero-order valence-electron chi connectivity index (χ0n) is 9.93. The van der Waals surface area contributed by atoms with Gasteiger partial charge in [-0.3, -0.25) is 5.10 Å². The highest BCUT2D eigenvalue weighted by Gasteiger charge is 2.21. The lowest BCUT2D eigenvalue weighted by atomic mass is 10.1. The Bertz CT molecular complexity index is 714. The van der Waals surface area contributed by atoms with Crippen molar-refractivity contribution in [2.24, 2.45) is 0 Å². The monoisotopic (exact) mass is 235 g/mol. The second-order valence-electron chi connectivity index (χ2n) is 4.64. The molecule has 1 aliphatic heterocycles. The van der Waals surface area contributed by atoms with Crippen LogP contribution in [0.25, 0.3) is 10.9 Å². The van der Waals surface area contributed by atoms with E-state index in [2.05, 4.69) is 57.6 Å². The highest BCUT2D eigenvalue weighted by molar-refractivity contribution is 5.94. The van der Waals surface area contributed by atoms with E-state index in [-0.39, 0.29) is 0 Å². The van der Waals surface area contributed by atoms with Crippen LogP contribution in [0.15, 0.2) is 48.7 Å². The second-order valence-corrected chi connectivity index (χ2v) is 4.64. The number of hydrogen-bond donors (Lipinski definition) is 1. The molecule has 0 aliphatic carbocycles. The van der Waals surface area contributed by atoms with Gasteiger partial charge in [0.05, 0.1) is 17.4 Å². The average molecular weight is 235 g/mol. The third-order valence-corrected chi connectivity index (χ3v) is 3.64. The minimum absolute atomic E-state index is 1.05. The fraction of sp³-hybridized carbons (Fsp3) is 0.133. The maximum absolute atomic E-state index is 4.14. The fourth-order valence-electron chi connectivity index (χ4n) is 2.78. The van der Waals surface area contributed by atoms with Crippen LogP contribution in [-0.4, -0.2) is 16.7 Å². The summed E-state index contributed by atoms with van der Waals surface area (Å²) < 4.78 is 0. The molecular weight excluding hydrogens is 222 g/mol. The molecule has 1 aliphatic rings. The Balaban J connectivity index is 1.92. The molecule has 0 amide bonds. The first-order valence-electron chi connectivity index (χ1n) is 6.21. The van der Waals surface area contributed by atoms with E-state index in [1.54, 1.807) is 0 Å². The number of rotatable bonds is 1. The van der Waals surface area contributed by atoms with Crippen LogP contribution in [-0.2, 0) is 6.42 Å². The summed E-state index contributed by atoms with van der Waals surface area (Å²) in [4.78, 5) is 2.38. The molecule has 18 heavy (non-hydrogen) atoms. The van der Waals surface area contributed by atoms with Gasteiger partial charge in [0, 0.05) is 17.6 Å². The fourth-order valence-corrected chi connectivity index (χ4v) is 2.78. The Morgan fingerprint density at radius 3 is 2.89 bits per heavy atom. The first-order chi connectivity index (χ1) is 8.93. The quantitative estimate of drug-likeness (QED) is 0.702. The number of nitrogens with zero attached hydrogens (tertiary/aromatic N) is 2. The SMILES string of the molecule is c1ccc2c(c1)CCN2c1cccc2[nH]ncc12. The summed E-state index contributed by atoms with van der Waals surface area (Å²) in [5.74, 6) is 0. The summed E-state index contributed by atoms with van der Waals surface area (Å²) in [5.41, 5.74) is 5.09. The standard InChI is InChI=1S/C15H13N3/c1-2-6-14-11(4-1)8-9-18(14)15-7-3-5-13-12(15)10-16-17-13/h1-7,10H,8-9H2,(H,16,17). The molecule has 0 radical (unpaired) electrons. The van der Waals surface area contributed by atoms with Crippen LogP contribution >= 0.6 is 0 Å². The van der Waals surface area contributed by atoms with Gasteiger partial charge in [-0.15, -0.1) is 0 Å². The van der Waals surface area contributed by atoms with E-state index < -0.39 is 0 Å². The van der Waals surface area contributed by atoms with E-state index in [1.165, 1.54) is 22.3 Å². The van der Waals surface area contributed by atoms with Crippen molar-refractivity contribution in [3.8, 4) is 0 Å². The Hall–Kier alpha value is -2.29. The van der Waals surface area contributed by atoms with Crippen LogP contribution in [0.2, 0.25) is 0 Å². The first kappa shape index (κ1) is 9.71. The molecule has 3 aromatic rings. The minimum atomic E-state index is 1.05. The summed E-state index contributed by atoms with van der Waals surface area (Å²) in [6, 6.07) is 14.9. The highest BCUT2D eigenvalue weighted by atomic mass is 15.2. The summed E-state index contributed by atoms with van der Waals surface area (Å²) in [5, 5.41) is 8.36. The molecule has 88 valence electrons. The van der Waals surface area contributed by atoms with Gasteiger partial charge in [0.15, 0.2) is 0 Å². The minimum Gasteiger partial charge on any atom is -0.340 e. The van der Waals surface area contributed by atoms with E-state index in [0.29, 0.717) is 0 Å². The molecule has 4 rings (SSSR count). The predicted molar refractivity (Wildman–Crippen MR) is 73.2 cm³/mol. The van der Waals surface area contributed by atoms with Crippen LogP contribution in [0.5, 0.6) is 0 Å². The van der Waals surface area contributed by atoms with Crippen molar-refractivity contribution in [2.75, 3.05) is 11.4 Å². The molecule has 3 heteroatoms. The van der Waals surface area contributed by atoms with Gasteiger partial charge in [0.25, 0.3) is 0 Å². The number of aromatic nitrogens is 2. The normalized spacial score (nSPS) is 14.1. The molecule has 0 bridgehead atoms. The van der Waals surface area contributed by atoms with Crippen LogP contribution in [0.1, 0.15) is 5.56 Å². The molecule has 0 atom stereocenters. The smallest absolute Gasteiger partial charge is 0.0671 e. The van der Waals surface area contributed by atoms with Crippen LogP contribution in [0.4, 0.5) is 11.4 Å². The molecule has 0 saturated carbocycles. The highest BCUT2D eigenvalue weighted by Crippen LogP contribution is 2.37. The third-order valence-electron chi connectivity index (χ3n) is 3.64. The molecule has 3 nitrogen and oxygen atoms in total. The van der Waals surface area contributed by atoms with Crippen molar-refractivity contribution in [1.29, 1.82) is 0 Å². The molecule has 2 aromatic carbocycles. The van der Waals surface area contributed by atoms with E-state index in [4.69, 9.17) is 0 Å². The van der Waals surface area contributed by atoms with Crippen LogP contribution in [0, 0.1) is 0 Å². The van der Waals surface area contributed by atoms with E-state index in [1.807, 2.05) is 6.20 Å². The van der Waals surface area contributed by atoms with Crippen LogP contribution in [0.3, 0.4) is 0 Å². The van der Waals surface area contributed by atoms with Gasteiger partial charge in [-0.1, -0.05) is 24.3 Å². The summed E-state index contributed by atoms with van der Waals surface area (Å²) in [6.45, 7) is 1.05. The lowest BCUT2D eigenvalue weighted by Crippen LogP contribution is -2.13. The number of aromatic amines is 1. The lowest BCUT2D eigenvalue weighted by molar-refractivity contribution is 1.00. The Morgan fingerprint density at radius 2 is 1.89 bits per heavy atom. The number of nitrogens with one attached hydrogen (secondary N) is 1. The summed E-state index contributed by atoms with van der Waals surface area (Å²) >= 11 is 0. The average Bonchev–Trinajstić information content (AvgIpc) is 3.05. The van der Waals surface area contributed by atoms with Gasteiger partial charge in [-0.2, -0.15) is 5.10 Å². The third kappa shape index (κ3) is 1.27. The number of hydrogen-bond acceptors (Lipinski definition) is 2. The topological polar surface area (TPSA) is 31.9 Å². The molecule has 0 unspecified atom stereocenters. The number of para-hydroxylation sites is 1. The van der Waals surface area contributed by atoms with Gasteiger partial charge in [0.1, 0.15) is 0 Å². The molecule has 2 heterocycles. The maximum atomic E-state index is 4.14. The molecule has 0 spiro atoms. The lowest BCUT2D eigenvalue weighted by Gasteiger charge is -2.20. The molecule has 0 saturated heterocycles. The summed E-state index contributed by atoms with van der Waals surface area (Å²) in [7, 11) is 0. The predicted octanol–water partition coefficient (Wildman–Crippen LogP) is 3.26. The number of anilines is 2. The van der Waals surface area contributed by atoms with Gasteiger partial charge in [-0.05, 0) is 30.2 Å². The molecule has 1 N–H and O–H groups in total. The van der Waals surface area contributed by atoms with Crippen LogP contribution < -0.4 is 4.90 Å². The van der Waals surface area contributed by atoms with Gasteiger partial charge in [0.2, 0.25) is 0 Å². The zero-order chi connectivity index (χ0) is 11.9. The number of benzene rings is 2. The first-order valence-corrected chi connectivity index (χ1v) is 6.21. The second kappa shape index (κ2) is 3.60. The largest absolute Gasteiger partial charge is 0.340 e. The summed E-state index contributed by atoms with van der Waals surface area (Å²) in [6.07, 6.45) is 3.02. The van der Waals surface area contributed by atoms with Crippen molar-refractivity contribution in [3.05, 3.63) is 54.2 Å². The van der Waals surface area contributed by atoms with Gasteiger partial charge in [-0.25, -0.2) is 0 Å². The molecule has 1 aromatic heterocycles. The Labute approximate surface area is 105 Å². The van der Waals surface area contributed by atoms with Crippen molar-refractivity contribution < 1.29 is 0 Å². The van der Waals surface area contributed by atoms with Gasteiger partial charge >= 0.3 is 0 Å². The van der Waals surface area contributed by atoms with Gasteiger partial charge < -0.3 is 4.90 Å². The van der Waals surface area contributed by atoms with Crippen molar-refractivity contribution >= 4 is 22.3 Å². The van der Waals surface area contributed by atoms with Crippen molar-refractivity contribution in [3.63, 3.8) is 0 Å². The van der Waals surface area contributed by atoms with Crippen molar-refractivity contribution in [1.82, 2.24) is 10.2 Å². The van der Waals surface area contributed by atoms with E-state index in [0.717, 1.165) is 18.5 Å². The molecular formula is C15H13N3.